The van der Waals surface area contributed by atoms with Crippen molar-refractivity contribution in [1.82, 2.24) is 10.3 Å². The molecule has 1 aromatic heterocycles. The number of hydrogen-bond donors (Lipinski definition) is 1. The van der Waals surface area contributed by atoms with E-state index >= 15 is 0 Å². The number of aromatic nitrogens is 1. The second kappa shape index (κ2) is 7.44. The Labute approximate surface area is 144 Å². The zero-order chi connectivity index (χ0) is 16.9. The number of nitrogens with zero attached hydrogens (tertiary/aromatic N) is 2. The number of benzene rings is 1. The van der Waals surface area contributed by atoms with Gasteiger partial charge in [-0.3, -0.25) is 9.59 Å². The predicted molar refractivity (Wildman–Crippen MR) is 92.6 cm³/mol. The molecule has 3 rings (SSSR count). The second-order valence-corrected chi connectivity index (χ2v) is 6.54. The van der Waals surface area contributed by atoms with Gasteiger partial charge < -0.3 is 15.0 Å². The summed E-state index contributed by atoms with van der Waals surface area (Å²) in [5.74, 6) is -0.0351. The molecule has 0 radical (unpaired) electrons. The van der Waals surface area contributed by atoms with Crippen molar-refractivity contribution in [2.24, 2.45) is 0 Å². The monoisotopic (exact) mass is 345 g/mol. The van der Waals surface area contributed by atoms with Crippen molar-refractivity contribution in [3.05, 3.63) is 41.4 Å². The van der Waals surface area contributed by atoms with E-state index < -0.39 is 0 Å². The van der Waals surface area contributed by atoms with E-state index in [1.54, 1.807) is 35.6 Å². The van der Waals surface area contributed by atoms with Crippen LogP contribution in [0.25, 0.3) is 0 Å². The molecule has 0 aliphatic carbocycles. The van der Waals surface area contributed by atoms with Crippen LogP contribution in [0.5, 0.6) is 5.75 Å². The summed E-state index contributed by atoms with van der Waals surface area (Å²) in [5.41, 5.74) is 0.563. The molecule has 0 atom stereocenters. The quantitative estimate of drug-likeness (QED) is 0.681. The van der Waals surface area contributed by atoms with Gasteiger partial charge in [-0.25, -0.2) is 4.98 Å². The van der Waals surface area contributed by atoms with Crippen LogP contribution >= 0.6 is 11.3 Å². The van der Waals surface area contributed by atoms with Gasteiger partial charge in [-0.05, 0) is 37.1 Å². The van der Waals surface area contributed by atoms with E-state index in [1.807, 2.05) is 11.6 Å². The summed E-state index contributed by atoms with van der Waals surface area (Å²) < 4.78 is 4.97. The maximum Gasteiger partial charge on any atom is 0.308 e. The molecule has 7 heteroatoms. The normalized spacial score (nSPS) is 15.1. The number of esters is 1. The molecular weight excluding hydrogens is 326 g/mol. The van der Waals surface area contributed by atoms with Gasteiger partial charge in [0.25, 0.3) is 5.91 Å². The molecule has 2 heterocycles. The molecule has 1 aromatic carbocycles. The fourth-order valence-corrected chi connectivity index (χ4v) is 3.39. The molecule has 24 heavy (non-hydrogen) atoms. The number of anilines is 1. The van der Waals surface area contributed by atoms with Crippen molar-refractivity contribution in [3.8, 4) is 5.75 Å². The summed E-state index contributed by atoms with van der Waals surface area (Å²) in [6.45, 7) is 3.13. The Kier molecular flexibility index (Phi) is 5.10. The van der Waals surface area contributed by atoms with Gasteiger partial charge in [-0.1, -0.05) is 0 Å². The third-order valence-electron chi connectivity index (χ3n) is 3.90. The zero-order valence-corrected chi connectivity index (χ0v) is 14.2. The Hall–Kier alpha value is -2.41. The molecule has 1 aliphatic heterocycles. The molecule has 0 spiro atoms. The molecule has 126 valence electrons. The van der Waals surface area contributed by atoms with Crippen LogP contribution in [0, 0.1) is 0 Å². The lowest BCUT2D eigenvalue weighted by atomic mass is 10.0. The maximum atomic E-state index is 12.3. The van der Waals surface area contributed by atoms with E-state index in [9.17, 15) is 9.59 Å². The highest BCUT2D eigenvalue weighted by atomic mass is 32.1. The number of nitrogens with one attached hydrogen (secondary N) is 1. The summed E-state index contributed by atoms with van der Waals surface area (Å²) in [7, 11) is 0. The first-order chi connectivity index (χ1) is 11.6. The van der Waals surface area contributed by atoms with Crippen LogP contribution in [-0.4, -0.2) is 36.0 Å². The highest BCUT2D eigenvalue weighted by molar-refractivity contribution is 7.13. The van der Waals surface area contributed by atoms with E-state index in [2.05, 4.69) is 15.2 Å². The van der Waals surface area contributed by atoms with Crippen molar-refractivity contribution >= 4 is 28.3 Å². The Morgan fingerprint density at radius 2 is 1.96 bits per heavy atom. The van der Waals surface area contributed by atoms with Crippen molar-refractivity contribution in [2.45, 2.75) is 25.8 Å². The van der Waals surface area contributed by atoms with Crippen LogP contribution in [0.1, 0.15) is 30.1 Å². The number of carbonyl (C=O) groups excluding carboxylic acids is 2. The lowest BCUT2D eigenvalue weighted by Gasteiger charge is -2.32. The Morgan fingerprint density at radius 3 is 2.54 bits per heavy atom. The molecule has 0 saturated carbocycles. The van der Waals surface area contributed by atoms with Crippen LogP contribution in [0.15, 0.2) is 35.8 Å². The van der Waals surface area contributed by atoms with Crippen LogP contribution < -0.4 is 15.0 Å². The topological polar surface area (TPSA) is 71.5 Å². The fraction of sp³-hybridized carbons (Fsp3) is 0.353. The first kappa shape index (κ1) is 16.4. The third kappa shape index (κ3) is 4.11. The van der Waals surface area contributed by atoms with Gasteiger partial charge in [0.15, 0.2) is 5.13 Å². The molecule has 0 unspecified atom stereocenters. The standard InChI is InChI=1S/C17H19N3O3S/c1-12(21)23-15-4-2-13(3-5-15)16(22)19-14-6-9-20(10-7-14)17-18-8-11-24-17/h2-5,8,11,14H,6-7,9-10H2,1H3,(H,19,22). The third-order valence-corrected chi connectivity index (χ3v) is 4.73. The summed E-state index contributed by atoms with van der Waals surface area (Å²) in [5, 5.41) is 6.09. The SMILES string of the molecule is CC(=O)Oc1ccc(C(=O)NC2CCN(c3nccs3)CC2)cc1. The van der Waals surface area contributed by atoms with Gasteiger partial charge in [0, 0.05) is 43.2 Å². The van der Waals surface area contributed by atoms with E-state index in [0.717, 1.165) is 31.1 Å². The number of thiazole rings is 1. The van der Waals surface area contributed by atoms with E-state index in [0.29, 0.717) is 11.3 Å². The number of amides is 1. The zero-order valence-electron chi connectivity index (χ0n) is 13.4. The Morgan fingerprint density at radius 1 is 1.25 bits per heavy atom. The van der Waals surface area contributed by atoms with Gasteiger partial charge >= 0.3 is 5.97 Å². The van der Waals surface area contributed by atoms with E-state index in [4.69, 9.17) is 4.74 Å². The number of ether oxygens (including phenoxy) is 1. The Balaban J connectivity index is 1.51. The predicted octanol–water partition coefficient (Wildman–Crippen LogP) is 2.47. The van der Waals surface area contributed by atoms with Crippen molar-refractivity contribution < 1.29 is 14.3 Å². The van der Waals surface area contributed by atoms with Crippen LogP contribution in [-0.2, 0) is 4.79 Å². The highest BCUT2D eigenvalue weighted by Gasteiger charge is 2.22. The molecule has 1 amide bonds. The lowest BCUT2D eigenvalue weighted by Crippen LogP contribution is -2.44. The fourth-order valence-electron chi connectivity index (χ4n) is 2.70. The van der Waals surface area contributed by atoms with Gasteiger partial charge in [0.1, 0.15) is 5.75 Å². The minimum Gasteiger partial charge on any atom is -0.427 e. The average molecular weight is 345 g/mol. The first-order valence-corrected chi connectivity index (χ1v) is 8.73. The highest BCUT2D eigenvalue weighted by Crippen LogP contribution is 2.22. The minimum atomic E-state index is -0.376. The number of rotatable bonds is 4. The molecule has 6 nitrogen and oxygen atoms in total. The molecule has 1 N–H and O–H groups in total. The smallest absolute Gasteiger partial charge is 0.308 e. The average Bonchev–Trinajstić information content (AvgIpc) is 3.10. The molecule has 2 aromatic rings. The molecular formula is C17H19N3O3S. The maximum absolute atomic E-state index is 12.3. The van der Waals surface area contributed by atoms with Gasteiger partial charge in [-0.15, -0.1) is 11.3 Å². The lowest BCUT2D eigenvalue weighted by molar-refractivity contribution is -0.131. The number of hydrogen-bond acceptors (Lipinski definition) is 6. The number of piperidine rings is 1. The largest absolute Gasteiger partial charge is 0.427 e. The van der Waals surface area contributed by atoms with Gasteiger partial charge in [-0.2, -0.15) is 0 Å². The Bertz CT molecular complexity index is 692. The summed E-state index contributed by atoms with van der Waals surface area (Å²) >= 11 is 1.64. The summed E-state index contributed by atoms with van der Waals surface area (Å²) in [6.07, 6.45) is 3.61. The summed E-state index contributed by atoms with van der Waals surface area (Å²) in [6, 6.07) is 6.75. The second-order valence-electron chi connectivity index (χ2n) is 5.67. The minimum absolute atomic E-state index is 0.0999. The molecule has 1 saturated heterocycles. The van der Waals surface area contributed by atoms with Crippen LogP contribution in [0.3, 0.4) is 0 Å². The molecule has 1 aliphatic rings. The summed E-state index contributed by atoms with van der Waals surface area (Å²) in [4.78, 5) is 29.8. The van der Waals surface area contributed by atoms with Crippen molar-refractivity contribution in [1.29, 1.82) is 0 Å². The van der Waals surface area contributed by atoms with Crippen LogP contribution in [0.2, 0.25) is 0 Å². The van der Waals surface area contributed by atoms with Crippen LogP contribution in [0.4, 0.5) is 5.13 Å². The van der Waals surface area contributed by atoms with E-state index in [1.165, 1.54) is 6.92 Å². The first-order valence-electron chi connectivity index (χ1n) is 7.85. The van der Waals surface area contributed by atoms with Gasteiger partial charge in [0.05, 0.1) is 0 Å². The van der Waals surface area contributed by atoms with Crippen molar-refractivity contribution in [3.63, 3.8) is 0 Å². The molecule has 1 fully saturated rings. The molecule has 0 bridgehead atoms. The van der Waals surface area contributed by atoms with E-state index in [-0.39, 0.29) is 17.9 Å². The van der Waals surface area contributed by atoms with Crippen molar-refractivity contribution in [2.75, 3.05) is 18.0 Å². The number of carbonyl (C=O) groups is 2. The van der Waals surface area contributed by atoms with Gasteiger partial charge in [0.2, 0.25) is 0 Å².